The van der Waals surface area contributed by atoms with Gasteiger partial charge in [-0.2, -0.15) is 0 Å². The van der Waals surface area contributed by atoms with Gasteiger partial charge in [-0.05, 0) is 53.4 Å². The lowest BCUT2D eigenvalue weighted by Gasteiger charge is -2.12. The average molecular weight is 317 g/mol. The highest BCUT2D eigenvalue weighted by Gasteiger charge is 2.11. The van der Waals surface area contributed by atoms with Crippen LogP contribution in [-0.2, 0) is 4.79 Å². The van der Waals surface area contributed by atoms with Gasteiger partial charge < -0.3 is 14.9 Å². The fraction of sp³-hybridized carbons (Fsp3) is 0.462. The number of halogens is 1. The Morgan fingerprint density at radius 1 is 1.50 bits per heavy atom. The van der Waals surface area contributed by atoms with Crippen LogP contribution in [0.3, 0.4) is 0 Å². The molecule has 1 rings (SSSR count). The molecule has 1 aromatic rings. The summed E-state index contributed by atoms with van der Waals surface area (Å²) in [6.07, 6.45) is 0.333. The first kappa shape index (κ1) is 15.0. The highest BCUT2D eigenvalue weighted by molar-refractivity contribution is 9.10. The van der Waals surface area contributed by atoms with Crippen molar-refractivity contribution in [1.29, 1.82) is 0 Å². The van der Waals surface area contributed by atoms with E-state index in [0.717, 1.165) is 15.8 Å². The summed E-state index contributed by atoms with van der Waals surface area (Å²) in [6.45, 7) is 2.49. The molecule has 0 saturated carbocycles. The Balaban J connectivity index is 2.60. The summed E-state index contributed by atoms with van der Waals surface area (Å²) in [6, 6.07) is 5.39. The van der Waals surface area contributed by atoms with Gasteiger partial charge in [-0.3, -0.25) is 4.79 Å². The number of hydrogen-bond donors (Lipinski definition) is 2. The van der Waals surface area contributed by atoms with Crippen molar-refractivity contribution >= 4 is 21.9 Å². The number of hydrogen-bond acceptors (Lipinski definition) is 3. The molecule has 0 aliphatic carbocycles. The molecule has 0 amide bonds. The number of aliphatic hydroxyl groups is 1. The molecule has 100 valence electrons. The number of ether oxygens (including phenoxy) is 1. The van der Waals surface area contributed by atoms with Crippen molar-refractivity contribution in [3.8, 4) is 5.75 Å². The van der Waals surface area contributed by atoms with Crippen LogP contribution in [0.15, 0.2) is 22.7 Å². The highest BCUT2D eigenvalue weighted by atomic mass is 79.9. The Bertz CT molecular complexity index is 406. The molecule has 0 spiro atoms. The topological polar surface area (TPSA) is 66.8 Å². The third-order valence-corrected chi connectivity index (χ3v) is 3.13. The van der Waals surface area contributed by atoms with Crippen molar-refractivity contribution in [3.05, 3.63) is 28.2 Å². The van der Waals surface area contributed by atoms with E-state index in [-0.39, 0.29) is 6.42 Å². The van der Waals surface area contributed by atoms with E-state index in [9.17, 15) is 9.90 Å². The molecule has 2 N–H and O–H groups in total. The normalized spacial score (nSPS) is 12.2. The highest BCUT2D eigenvalue weighted by Crippen LogP contribution is 2.29. The van der Waals surface area contributed by atoms with E-state index < -0.39 is 12.1 Å². The lowest BCUT2D eigenvalue weighted by molar-refractivity contribution is -0.137. The molecule has 4 nitrogen and oxygen atoms in total. The van der Waals surface area contributed by atoms with Gasteiger partial charge in [-0.25, -0.2) is 0 Å². The summed E-state index contributed by atoms with van der Waals surface area (Å²) in [4.78, 5) is 10.4. The molecule has 0 aliphatic rings. The molecule has 5 heteroatoms. The molecule has 0 heterocycles. The predicted molar refractivity (Wildman–Crippen MR) is 71.8 cm³/mol. The van der Waals surface area contributed by atoms with E-state index in [1.54, 1.807) is 18.2 Å². The van der Waals surface area contributed by atoms with Gasteiger partial charge in [-0.15, -0.1) is 0 Å². The van der Waals surface area contributed by atoms with Crippen LogP contribution in [0.5, 0.6) is 5.75 Å². The smallest absolute Gasteiger partial charge is 0.303 e. The molecule has 0 bridgehead atoms. The van der Waals surface area contributed by atoms with Gasteiger partial charge in [0.05, 0.1) is 17.2 Å². The fourth-order valence-electron chi connectivity index (χ4n) is 1.61. The van der Waals surface area contributed by atoms with E-state index in [1.807, 2.05) is 6.92 Å². The Kier molecular flexibility index (Phi) is 6.15. The first-order valence-corrected chi connectivity index (χ1v) is 6.66. The van der Waals surface area contributed by atoms with E-state index in [4.69, 9.17) is 9.84 Å². The predicted octanol–water partition coefficient (Wildman–Crippen LogP) is 3.14. The van der Waals surface area contributed by atoms with Crippen LogP contribution in [0.4, 0.5) is 0 Å². The second-order valence-corrected chi connectivity index (χ2v) is 4.78. The number of aliphatic hydroxyl groups excluding tert-OH is 1. The zero-order chi connectivity index (χ0) is 13.5. The second-order valence-electron chi connectivity index (χ2n) is 3.92. The van der Waals surface area contributed by atoms with E-state index in [1.165, 1.54) is 0 Å². The maximum Gasteiger partial charge on any atom is 0.303 e. The van der Waals surface area contributed by atoms with Crippen LogP contribution in [0.25, 0.3) is 0 Å². The molecule has 1 atom stereocenters. The van der Waals surface area contributed by atoms with E-state index in [2.05, 4.69) is 15.9 Å². The number of carboxylic acids is 1. The quantitative estimate of drug-likeness (QED) is 0.811. The standard InChI is InChI=1S/C13H17BrO4/c1-2-18-12-7-6-9(8-10(12)14)11(15)4-3-5-13(16)17/h6-8,11,15H,2-5H2,1H3,(H,16,17). The zero-order valence-corrected chi connectivity index (χ0v) is 11.8. The lowest BCUT2D eigenvalue weighted by atomic mass is 10.0. The molecular formula is C13H17BrO4. The van der Waals surface area contributed by atoms with Crippen LogP contribution in [0.1, 0.15) is 37.9 Å². The SMILES string of the molecule is CCOc1ccc(C(O)CCCC(=O)O)cc1Br. The molecule has 18 heavy (non-hydrogen) atoms. The van der Waals surface area contributed by atoms with Gasteiger partial charge in [0.1, 0.15) is 5.75 Å². The Morgan fingerprint density at radius 3 is 2.78 bits per heavy atom. The fourth-order valence-corrected chi connectivity index (χ4v) is 2.12. The molecule has 0 aromatic heterocycles. The van der Waals surface area contributed by atoms with Crippen molar-refractivity contribution in [2.45, 2.75) is 32.3 Å². The van der Waals surface area contributed by atoms with Gasteiger partial charge in [0.25, 0.3) is 0 Å². The van der Waals surface area contributed by atoms with Crippen LogP contribution < -0.4 is 4.74 Å². The van der Waals surface area contributed by atoms with Crippen LogP contribution in [-0.4, -0.2) is 22.8 Å². The largest absolute Gasteiger partial charge is 0.493 e. The van der Waals surface area contributed by atoms with Crippen LogP contribution >= 0.6 is 15.9 Å². The van der Waals surface area contributed by atoms with Crippen LogP contribution in [0.2, 0.25) is 0 Å². The maximum absolute atomic E-state index is 10.4. The van der Waals surface area contributed by atoms with E-state index in [0.29, 0.717) is 19.4 Å². The number of carboxylic acid groups (broad SMARTS) is 1. The summed E-state index contributed by atoms with van der Waals surface area (Å²) in [5.74, 6) is -0.103. The molecule has 1 aromatic carbocycles. The summed E-state index contributed by atoms with van der Waals surface area (Å²) in [5, 5.41) is 18.5. The summed E-state index contributed by atoms with van der Waals surface area (Å²) >= 11 is 3.38. The minimum Gasteiger partial charge on any atom is -0.493 e. The summed E-state index contributed by atoms with van der Waals surface area (Å²) in [5.41, 5.74) is 0.760. The van der Waals surface area contributed by atoms with Crippen molar-refractivity contribution in [3.63, 3.8) is 0 Å². The van der Waals surface area contributed by atoms with Crippen molar-refractivity contribution in [2.24, 2.45) is 0 Å². The molecule has 0 aliphatic heterocycles. The Morgan fingerprint density at radius 2 is 2.22 bits per heavy atom. The third kappa shape index (κ3) is 4.66. The minimum atomic E-state index is -0.838. The Labute approximate surface area is 115 Å². The third-order valence-electron chi connectivity index (χ3n) is 2.51. The van der Waals surface area contributed by atoms with Gasteiger partial charge in [0.2, 0.25) is 0 Å². The first-order chi connectivity index (χ1) is 8.54. The first-order valence-electron chi connectivity index (χ1n) is 5.86. The Hall–Kier alpha value is -1.07. The van der Waals surface area contributed by atoms with Gasteiger partial charge in [0.15, 0.2) is 0 Å². The average Bonchev–Trinajstić information content (AvgIpc) is 2.31. The van der Waals surface area contributed by atoms with Crippen molar-refractivity contribution in [1.82, 2.24) is 0 Å². The molecule has 0 radical (unpaired) electrons. The van der Waals surface area contributed by atoms with Gasteiger partial charge in [0, 0.05) is 6.42 Å². The molecule has 0 fully saturated rings. The summed E-state index contributed by atoms with van der Waals surface area (Å²) in [7, 11) is 0. The second kappa shape index (κ2) is 7.38. The number of rotatable bonds is 7. The molecular weight excluding hydrogens is 300 g/mol. The number of aliphatic carboxylic acids is 1. The lowest BCUT2D eigenvalue weighted by Crippen LogP contribution is -2.01. The van der Waals surface area contributed by atoms with Gasteiger partial charge in [-0.1, -0.05) is 6.07 Å². The number of carbonyl (C=O) groups is 1. The van der Waals surface area contributed by atoms with Crippen LogP contribution in [0, 0.1) is 0 Å². The number of benzene rings is 1. The van der Waals surface area contributed by atoms with Gasteiger partial charge >= 0.3 is 5.97 Å². The van der Waals surface area contributed by atoms with Crippen molar-refractivity contribution in [2.75, 3.05) is 6.61 Å². The van der Waals surface area contributed by atoms with E-state index >= 15 is 0 Å². The zero-order valence-electron chi connectivity index (χ0n) is 10.2. The monoisotopic (exact) mass is 316 g/mol. The maximum atomic E-state index is 10.4. The summed E-state index contributed by atoms with van der Waals surface area (Å²) < 4.78 is 6.17. The molecule has 1 unspecified atom stereocenters. The minimum absolute atomic E-state index is 0.0786. The molecule has 0 saturated heterocycles. The van der Waals surface area contributed by atoms with Crippen molar-refractivity contribution < 1.29 is 19.7 Å².